The van der Waals surface area contributed by atoms with Gasteiger partial charge in [-0.1, -0.05) is 48.5 Å². The van der Waals surface area contributed by atoms with Gasteiger partial charge in [-0.15, -0.1) is 0 Å². The third-order valence-corrected chi connectivity index (χ3v) is 5.14. The topological polar surface area (TPSA) is 100 Å². The van der Waals surface area contributed by atoms with Crippen molar-refractivity contribution in [2.75, 3.05) is 6.54 Å². The maximum absolute atomic E-state index is 12.5. The molecular weight excluding hydrogens is 364 g/mol. The summed E-state index contributed by atoms with van der Waals surface area (Å²) in [4.78, 5) is 12.5. The van der Waals surface area contributed by atoms with E-state index in [0.29, 0.717) is 30.8 Å². The second kappa shape index (κ2) is 8.32. The van der Waals surface area contributed by atoms with Crippen molar-refractivity contribution in [3.8, 4) is 5.75 Å². The Morgan fingerprint density at radius 3 is 2.76 bits per heavy atom. The molecule has 1 aliphatic heterocycles. The number of nitrogens with one attached hydrogen (secondary N) is 3. The van der Waals surface area contributed by atoms with E-state index in [-0.39, 0.29) is 23.9 Å². The van der Waals surface area contributed by atoms with Crippen LogP contribution in [0.2, 0.25) is 0 Å². The molecule has 6 nitrogen and oxygen atoms in total. The van der Waals surface area contributed by atoms with E-state index in [9.17, 15) is 4.79 Å². The molecule has 0 unspecified atom stereocenters. The van der Waals surface area contributed by atoms with E-state index in [1.165, 1.54) is 10.8 Å². The summed E-state index contributed by atoms with van der Waals surface area (Å²) in [5.74, 6) is 0.634. The van der Waals surface area contributed by atoms with Gasteiger partial charge in [0.1, 0.15) is 17.7 Å². The molecule has 2 atom stereocenters. The average Bonchev–Trinajstić information content (AvgIpc) is 3.20. The summed E-state index contributed by atoms with van der Waals surface area (Å²) >= 11 is 0. The van der Waals surface area contributed by atoms with E-state index in [4.69, 9.17) is 15.9 Å². The number of carbonyl (C=O) groups is 1. The van der Waals surface area contributed by atoms with Crippen LogP contribution in [0.1, 0.15) is 17.5 Å². The van der Waals surface area contributed by atoms with Gasteiger partial charge < -0.3 is 21.1 Å². The smallest absolute Gasteiger partial charge is 0.237 e. The van der Waals surface area contributed by atoms with E-state index in [0.717, 1.165) is 5.56 Å². The Labute approximate surface area is 169 Å². The second-order valence-electron chi connectivity index (χ2n) is 7.28. The highest BCUT2D eigenvalue weighted by Gasteiger charge is 2.30. The molecule has 4 rings (SSSR count). The highest BCUT2D eigenvalue weighted by atomic mass is 16.5. The minimum absolute atomic E-state index is 0.00550. The molecular formula is C23H24N4O2. The van der Waals surface area contributed by atoms with Crippen LogP contribution >= 0.6 is 0 Å². The minimum atomic E-state index is -0.281. The largest absolute Gasteiger partial charge is 0.489 e. The molecule has 0 aliphatic carbocycles. The number of fused-ring (bicyclic) bond motifs is 1. The number of rotatable bonds is 6. The molecule has 0 saturated carbocycles. The summed E-state index contributed by atoms with van der Waals surface area (Å²) in [6, 6.07) is 21.3. The van der Waals surface area contributed by atoms with E-state index >= 15 is 0 Å². The van der Waals surface area contributed by atoms with Crippen molar-refractivity contribution in [2.24, 2.45) is 5.73 Å². The van der Waals surface area contributed by atoms with E-state index < -0.39 is 0 Å². The van der Waals surface area contributed by atoms with Crippen LogP contribution in [0.3, 0.4) is 0 Å². The number of hydrogen-bond donors (Lipinski definition) is 4. The first-order chi connectivity index (χ1) is 14.1. The van der Waals surface area contributed by atoms with Gasteiger partial charge in [0, 0.05) is 25.1 Å². The zero-order valence-electron chi connectivity index (χ0n) is 16.0. The van der Waals surface area contributed by atoms with Crippen molar-refractivity contribution >= 4 is 22.5 Å². The van der Waals surface area contributed by atoms with Crippen LogP contribution in [0, 0.1) is 5.41 Å². The summed E-state index contributed by atoms with van der Waals surface area (Å²) in [6.45, 7) is 1.09. The molecule has 0 radical (unpaired) electrons. The first-order valence-corrected chi connectivity index (χ1v) is 9.68. The number of carbonyl (C=O) groups excluding carboxylic acids is 1. The van der Waals surface area contributed by atoms with Crippen LogP contribution < -0.4 is 21.1 Å². The lowest BCUT2D eigenvalue weighted by molar-refractivity contribution is -0.123. The van der Waals surface area contributed by atoms with Gasteiger partial charge in [0.2, 0.25) is 5.91 Å². The number of nitrogen functional groups attached to an aromatic ring is 1. The fourth-order valence-electron chi connectivity index (χ4n) is 3.58. The highest BCUT2D eigenvalue weighted by molar-refractivity contribution is 5.95. The van der Waals surface area contributed by atoms with Crippen LogP contribution in [0.4, 0.5) is 0 Å². The molecule has 5 N–H and O–H groups in total. The van der Waals surface area contributed by atoms with Crippen molar-refractivity contribution in [3.63, 3.8) is 0 Å². The monoisotopic (exact) mass is 388 g/mol. The summed E-state index contributed by atoms with van der Waals surface area (Å²) in [7, 11) is 0. The molecule has 0 aromatic heterocycles. The molecule has 3 aromatic rings. The molecule has 1 amide bonds. The quantitative estimate of drug-likeness (QED) is 0.385. The number of amidine groups is 1. The molecule has 3 aromatic carbocycles. The average molecular weight is 388 g/mol. The predicted molar refractivity (Wildman–Crippen MR) is 114 cm³/mol. The van der Waals surface area contributed by atoms with Gasteiger partial charge in [0.25, 0.3) is 0 Å². The van der Waals surface area contributed by atoms with E-state index in [2.05, 4.69) is 34.9 Å². The standard InChI is InChI=1S/C23H24N4O2/c24-22(25)18-6-3-7-19(11-18)29-20-12-21(26-14-20)23(28)27-13-15-8-9-16-4-1-2-5-17(16)10-15/h1-11,20-21,26H,12-14H2,(H3,24,25)(H,27,28)/t20-,21+/m1/s1. The van der Waals surface area contributed by atoms with Gasteiger partial charge >= 0.3 is 0 Å². The number of amides is 1. The number of hydrogen-bond acceptors (Lipinski definition) is 4. The van der Waals surface area contributed by atoms with E-state index in [1.54, 1.807) is 12.1 Å². The Morgan fingerprint density at radius 2 is 1.93 bits per heavy atom. The van der Waals surface area contributed by atoms with Crippen molar-refractivity contribution < 1.29 is 9.53 Å². The Bertz CT molecular complexity index is 1050. The van der Waals surface area contributed by atoms with Gasteiger partial charge in [-0.2, -0.15) is 0 Å². The predicted octanol–water partition coefficient (Wildman–Crippen LogP) is 2.55. The van der Waals surface area contributed by atoms with Crippen molar-refractivity contribution in [3.05, 3.63) is 77.9 Å². The molecule has 6 heteroatoms. The fraction of sp³-hybridized carbons (Fsp3) is 0.217. The molecule has 0 spiro atoms. The van der Waals surface area contributed by atoms with Gasteiger partial charge in [0.15, 0.2) is 0 Å². The number of nitrogens with two attached hydrogens (primary N) is 1. The van der Waals surface area contributed by atoms with Crippen LogP contribution in [0.5, 0.6) is 5.75 Å². The summed E-state index contributed by atoms with van der Waals surface area (Å²) in [6.07, 6.45) is 0.488. The van der Waals surface area contributed by atoms with Crippen LogP contribution in [-0.4, -0.2) is 30.4 Å². The SMILES string of the molecule is N=C(N)c1cccc(O[C@H]2CN[C@H](C(=O)NCc3ccc4ccccc4c3)C2)c1. The van der Waals surface area contributed by atoms with E-state index in [1.807, 2.05) is 30.3 Å². The molecule has 1 saturated heterocycles. The highest BCUT2D eigenvalue weighted by Crippen LogP contribution is 2.19. The van der Waals surface area contributed by atoms with Crippen molar-refractivity contribution in [1.82, 2.24) is 10.6 Å². The molecule has 148 valence electrons. The lowest BCUT2D eigenvalue weighted by Crippen LogP contribution is -2.39. The van der Waals surface area contributed by atoms with Crippen LogP contribution in [0.15, 0.2) is 66.7 Å². The molecule has 1 heterocycles. The normalized spacial score (nSPS) is 18.5. The van der Waals surface area contributed by atoms with Crippen molar-refractivity contribution in [1.29, 1.82) is 5.41 Å². The number of ether oxygens (including phenoxy) is 1. The van der Waals surface area contributed by atoms with Crippen molar-refractivity contribution in [2.45, 2.75) is 25.1 Å². The summed E-state index contributed by atoms with van der Waals surface area (Å²) in [5, 5.41) is 16.1. The minimum Gasteiger partial charge on any atom is -0.489 e. The van der Waals surface area contributed by atoms with Gasteiger partial charge in [-0.05, 0) is 34.5 Å². The molecule has 29 heavy (non-hydrogen) atoms. The Balaban J connectivity index is 1.31. The lowest BCUT2D eigenvalue weighted by atomic mass is 10.1. The third-order valence-electron chi connectivity index (χ3n) is 5.14. The summed E-state index contributed by atoms with van der Waals surface area (Å²) < 4.78 is 5.96. The molecule has 1 aliphatic rings. The first kappa shape index (κ1) is 19.0. The Morgan fingerprint density at radius 1 is 1.10 bits per heavy atom. The zero-order chi connectivity index (χ0) is 20.2. The van der Waals surface area contributed by atoms with Gasteiger partial charge in [-0.25, -0.2) is 0 Å². The van der Waals surface area contributed by atoms with Crippen LogP contribution in [-0.2, 0) is 11.3 Å². The second-order valence-corrected chi connectivity index (χ2v) is 7.28. The summed E-state index contributed by atoms with van der Waals surface area (Å²) in [5.41, 5.74) is 7.22. The maximum Gasteiger partial charge on any atom is 0.237 e. The molecule has 1 fully saturated rings. The maximum atomic E-state index is 12.5. The zero-order valence-corrected chi connectivity index (χ0v) is 16.0. The Hall–Kier alpha value is -3.38. The van der Waals surface area contributed by atoms with Gasteiger partial charge in [0.05, 0.1) is 6.04 Å². The fourth-order valence-corrected chi connectivity index (χ4v) is 3.58. The third kappa shape index (κ3) is 4.55. The lowest BCUT2D eigenvalue weighted by Gasteiger charge is -2.14. The first-order valence-electron chi connectivity index (χ1n) is 9.68. The van der Waals surface area contributed by atoms with Crippen LogP contribution in [0.25, 0.3) is 10.8 Å². The van der Waals surface area contributed by atoms with Gasteiger partial charge in [-0.3, -0.25) is 10.2 Å². The number of benzene rings is 3. The molecule has 0 bridgehead atoms. The Kier molecular flexibility index (Phi) is 5.44.